The highest BCUT2D eigenvalue weighted by molar-refractivity contribution is 5.71. The van der Waals surface area contributed by atoms with Crippen LogP contribution in [0.3, 0.4) is 0 Å². The molecule has 0 spiro atoms. The summed E-state index contributed by atoms with van der Waals surface area (Å²) in [4.78, 5) is 23.2. The lowest BCUT2D eigenvalue weighted by molar-refractivity contribution is -0.873. The van der Waals surface area contributed by atoms with Crippen molar-refractivity contribution in [1.29, 1.82) is 0 Å². The number of furan rings is 1. The highest BCUT2D eigenvalue weighted by atomic mass is 16.5. The van der Waals surface area contributed by atoms with E-state index in [0.717, 1.165) is 50.0 Å². The van der Waals surface area contributed by atoms with Crippen LogP contribution < -0.4 is 0 Å². The van der Waals surface area contributed by atoms with Gasteiger partial charge in [0.15, 0.2) is 6.10 Å². The summed E-state index contributed by atoms with van der Waals surface area (Å²) in [5.74, 6) is 1.02. The summed E-state index contributed by atoms with van der Waals surface area (Å²) in [6.07, 6.45) is 9.01. The van der Waals surface area contributed by atoms with Gasteiger partial charge in [0.1, 0.15) is 18.1 Å². The van der Waals surface area contributed by atoms with E-state index in [1.165, 1.54) is 30.4 Å². The van der Waals surface area contributed by atoms with Crippen molar-refractivity contribution in [2.45, 2.75) is 97.5 Å². The summed E-state index contributed by atoms with van der Waals surface area (Å²) in [5, 5.41) is 9.05. The van der Waals surface area contributed by atoms with Crippen LogP contribution >= 0.6 is 0 Å². The van der Waals surface area contributed by atoms with E-state index in [2.05, 4.69) is 20.8 Å². The maximum Gasteiger partial charge on any atom is 0.307 e. The van der Waals surface area contributed by atoms with E-state index < -0.39 is 12.1 Å². The number of rotatable bonds is 16. The van der Waals surface area contributed by atoms with Gasteiger partial charge in [-0.2, -0.15) is 0 Å². The molecule has 31 heavy (non-hydrogen) atoms. The molecule has 1 rings (SSSR count). The van der Waals surface area contributed by atoms with Crippen LogP contribution in [0, 0.1) is 13.8 Å². The molecular formula is C25H44NO5+. The molecule has 1 aromatic heterocycles. The Morgan fingerprint density at radius 1 is 0.935 bits per heavy atom. The van der Waals surface area contributed by atoms with Crippen molar-refractivity contribution in [3.63, 3.8) is 0 Å². The number of aliphatic carboxylic acids is 1. The minimum Gasteiger partial charge on any atom is -0.481 e. The summed E-state index contributed by atoms with van der Waals surface area (Å²) in [6, 6.07) is 0. The SMILES string of the molecule is CCCCCc1oc(CCCCCCC(=O)OC(CC(=O)O)C[N+](C)(C)C)c(C)c1C. The average Bonchev–Trinajstić information content (AvgIpc) is 2.91. The third-order valence-corrected chi connectivity index (χ3v) is 5.64. The number of unbranched alkanes of at least 4 members (excludes halogenated alkanes) is 5. The second kappa shape index (κ2) is 13.6. The quantitative estimate of drug-likeness (QED) is 0.218. The molecule has 0 amide bonds. The topological polar surface area (TPSA) is 76.7 Å². The number of carbonyl (C=O) groups excluding carboxylic acids is 1. The third-order valence-electron chi connectivity index (χ3n) is 5.64. The molecule has 0 bridgehead atoms. The predicted molar refractivity (Wildman–Crippen MR) is 123 cm³/mol. The minimum atomic E-state index is -0.941. The number of quaternary nitrogens is 1. The Hall–Kier alpha value is -1.82. The lowest BCUT2D eigenvalue weighted by Crippen LogP contribution is -2.43. The Morgan fingerprint density at radius 2 is 1.48 bits per heavy atom. The number of carboxylic acids is 1. The molecule has 1 atom stereocenters. The van der Waals surface area contributed by atoms with Crippen molar-refractivity contribution in [3.8, 4) is 0 Å². The van der Waals surface area contributed by atoms with Crippen LogP contribution in [0.1, 0.15) is 87.4 Å². The van der Waals surface area contributed by atoms with Gasteiger partial charge < -0.3 is 18.7 Å². The average molecular weight is 439 g/mol. The largest absolute Gasteiger partial charge is 0.481 e. The molecule has 6 heteroatoms. The Bertz CT molecular complexity index is 687. The van der Waals surface area contributed by atoms with Gasteiger partial charge in [-0.15, -0.1) is 0 Å². The monoisotopic (exact) mass is 438 g/mol. The summed E-state index contributed by atoms with van der Waals surface area (Å²) >= 11 is 0. The molecule has 1 unspecified atom stereocenters. The fourth-order valence-corrected chi connectivity index (χ4v) is 3.84. The number of aryl methyl sites for hydroxylation is 2. The molecule has 1 aromatic rings. The highest BCUT2D eigenvalue weighted by Crippen LogP contribution is 2.25. The molecule has 0 fully saturated rings. The number of carboxylic acid groups (broad SMARTS) is 1. The zero-order valence-electron chi connectivity index (χ0n) is 20.6. The Kier molecular flexibility index (Phi) is 11.9. The number of esters is 1. The molecule has 1 N–H and O–H groups in total. The highest BCUT2D eigenvalue weighted by Gasteiger charge is 2.24. The van der Waals surface area contributed by atoms with Crippen LogP contribution in [-0.2, 0) is 27.2 Å². The van der Waals surface area contributed by atoms with Crippen molar-refractivity contribution < 1.29 is 28.3 Å². The van der Waals surface area contributed by atoms with E-state index >= 15 is 0 Å². The van der Waals surface area contributed by atoms with Gasteiger partial charge in [-0.3, -0.25) is 9.59 Å². The normalized spacial score (nSPS) is 12.7. The number of hydrogen-bond acceptors (Lipinski definition) is 4. The summed E-state index contributed by atoms with van der Waals surface area (Å²) < 4.78 is 12.1. The first-order chi connectivity index (χ1) is 14.5. The van der Waals surface area contributed by atoms with Crippen LogP contribution in [0.4, 0.5) is 0 Å². The van der Waals surface area contributed by atoms with Gasteiger partial charge in [0.25, 0.3) is 0 Å². The maximum atomic E-state index is 12.1. The number of ether oxygens (including phenoxy) is 1. The van der Waals surface area contributed by atoms with E-state index in [1.807, 2.05) is 21.1 Å². The Labute approximate surface area is 188 Å². The number of likely N-dealkylation sites (N-methyl/N-ethyl adjacent to an activating group) is 1. The van der Waals surface area contributed by atoms with Crippen LogP contribution in [-0.4, -0.2) is 55.3 Å². The molecule has 0 aliphatic carbocycles. The van der Waals surface area contributed by atoms with E-state index in [1.54, 1.807) is 0 Å². The predicted octanol–water partition coefficient (Wildman–Crippen LogP) is 5.21. The molecule has 0 radical (unpaired) electrons. The number of hydrogen-bond donors (Lipinski definition) is 1. The summed E-state index contributed by atoms with van der Waals surface area (Å²) in [7, 11) is 5.87. The van der Waals surface area contributed by atoms with Crippen LogP contribution in [0.2, 0.25) is 0 Å². The van der Waals surface area contributed by atoms with Crippen LogP contribution in [0.5, 0.6) is 0 Å². The Morgan fingerprint density at radius 3 is 2.00 bits per heavy atom. The lowest BCUT2D eigenvalue weighted by Gasteiger charge is -2.28. The van der Waals surface area contributed by atoms with Crippen LogP contribution in [0.15, 0.2) is 4.42 Å². The molecule has 0 aliphatic rings. The molecule has 0 aliphatic heterocycles. The van der Waals surface area contributed by atoms with Gasteiger partial charge in [0.05, 0.1) is 27.6 Å². The Balaban J connectivity index is 2.31. The molecule has 1 heterocycles. The van der Waals surface area contributed by atoms with Gasteiger partial charge >= 0.3 is 11.9 Å². The van der Waals surface area contributed by atoms with E-state index in [-0.39, 0.29) is 12.4 Å². The summed E-state index contributed by atoms with van der Waals surface area (Å²) in [5.41, 5.74) is 2.59. The van der Waals surface area contributed by atoms with Gasteiger partial charge in [0, 0.05) is 19.3 Å². The van der Waals surface area contributed by atoms with E-state index in [4.69, 9.17) is 14.3 Å². The smallest absolute Gasteiger partial charge is 0.307 e. The molecular weight excluding hydrogens is 394 g/mol. The van der Waals surface area contributed by atoms with E-state index in [0.29, 0.717) is 17.4 Å². The molecule has 0 aromatic carbocycles. The minimum absolute atomic E-state index is 0.149. The van der Waals surface area contributed by atoms with Gasteiger partial charge in [0.2, 0.25) is 0 Å². The molecule has 178 valence electrons. The van der Waals surface area contributed by atoms with Crippen molar-refractivity contribution in [2.24, 2.45) is 0 Å². The maximum absolute atomic E-state index is 12.1. The number of carbonyl (C=O) groups is 2. The van der Waals surface area contributed by atoms with E-state index in [9.17, 15) is 9.59 Å². The van der Waals surface area contributed by atoms with Crippen molar-refractivity contribution in [1.82, 2.24) is 0 Å². The van der Waals surface area contributed by atoms with Gasteiger partial charge in [-0.25, -0.2) is 0 Å². The first-order valence-electron chi connectivity index (χ1n) is 11.8. The van der Waals surface area contributed by atoms with Crippen molar-refractivity contribution in [3.05, 3.63) is 22.6 Å². The van der Waals surface area contributed by atoms with Gasteiger partial charge in [-0.1, -0.05) is 32.6 Å². The number of nitrogens with zero attached hydrogens (tertiary/aromatic N) is 1. The molecule has 0 saturated carbocycles. The van der Waals surface area contributed by atoms with Gasteiger partial charge in [-0.05, 0) is 44.2 Å². The second-order valence-corrected chi connectivity index (χ2v) is 9.75. The zero-order chi connectivity index (χ0) is 23.4. The third kappa shape index (κ3) is 11.4. The van der Waals surface area contributed by atoms with Crippen molar-refractivity contribution >= 4 is 11.9 Å². The second-order valence-electron chi connectivity index (χ2n) is 9.75. The van der Waals surface area contributed by atoms with Crippen molar-refractivity contribution in [2.75, 3.05) is 27.7 Å². The first kappa shape index (κ1) is 27.2. The zero-order valence-corrected chi connectivity index (χ0v) is 20.6. The molecule has 6 nitrogen and oxygen atoms in total. The fraction of sp³-hybridized carbons (Fsp3) is 0.760. The molecule has 0 saturated heterocycles. The van der Waals surface area contributed by atoms with Crippen LogP contribution in [0.25, 0.3) is 0 Å². The lowest BCUT2D eigenvalue weighted by atomic mass is 10.0. The summed E-state index contributed by atoms with van der Waals surface area (Å²) in [6.45, 7) is 7.01. The standard InChI is InChI=1S/C25H43NO5/c1-7-8-11-14-22-19(2)20(3)23(31-22)15-12-9-10-13-16-25(29)30-21(17-24(27)28)18-26(4,5)6/h21H,7-18H2,1-6H3/p+1. The first-order valence-corrected chi connectivity index (χ1v) is 11.8. The fourth-order valence-electron chi connectivity index (χ4n) is 3.84.